The van der Waals surface area contributed by atoms with Crippen molar-refractivity contribution in [3.05, 3.63) is 230 Å². The van der Waals surface area contributed by atoms with Crippen LogP contribution >= 0.6 is 28.7 Å². The average molecular weight is 794 g/mol. The molecule has 0 saturated heterocycles. The first kappa shape index (κ1) is 34.6. The van der Waals surface area contributed by atoms with Gasteiger partial charge in [0.05, 0.1) is 0 Å². The summed E-state index contributed by atoms with van der Waals surface area (Å²) < 4.78 is 0. The Morgan fingerprint density at radius 1 is 0.370 bits per heavy atom. The molecule has 0 radical (unpaired) electrons. The van der Waals surface area contributed by atoms with E-state index in [0.29, 0.717) is 0 Å². The molecule has 260 valence electrons. The average Bonchev–Trinajstić information content (AvgIpc) is 3.25. The number of fused-ring (bicyclic) bond motifs is 2. The fraction of sp³-hybridized carbons (Fsp3) is 0.0196. The van der Waals surface area contributed by atoms with Gasteiger partial charge in [0.25, 0.3) is 0 Å². The van der Waals surface area contributed by atoms with E-state index in [2.05, 4.69) is 224 Å². The van der Waals surface area contributed by atoms with Gasteiger partial charge < -0.3 is 0 Å². The maximum absolute atomic E-state index is 4.94. The van der Waals surface area contributed by atoms with Gasteiger partial charge >= 0.3 is 329 Å². The van der Waals surface area contributed by atoms with Crippen LogP contribution in [0, 0.1) is 0 Å². The molecule has 0 fully saturated rings. The number of hydrogen-bond donors (Lipinski definition) is 0. The third kappa shape index (κ3) is 5.93. The Hall–Kier alpha value is -5.16. The van der Waals surface area contributed by atoms with E-state index in [1.165, 1.54) is 70.1 Å². The van der Waals surface area contributed by atoms with Crippen LogP contribution in [-0.2, 0) is 6.16 Å². The molecule has 0 amide bonds. The zero-order valence-corrected chi connectivity index (χ0v) is 33.2. The van der Waals surface area contributed by atoms with Crippen LogP contribution in [0.15, 0.2) is 224 Å². The topological polar surface area (TPSA) is 0 Å². The first-order chi connectivity index (χ1) is 26.6. The van der Waals surface area contributed by atoms with Crippen LogP contribution in [-0.4, -0.2) is 0 Å². The molecule has 9 aromatic rings. The monoisotopic (exact) mass is 792 g/mol. The molecule has 9 rings (SSSR count). The standard InChI is InChI=1S/C51H39BrP2/c52-54(44-28-12-4-13-29-44,45-30-14-5-15-31-45,38-39-20-6-1-7-21-39)49-37-35-41-23-17-19-33-47(41)51(49)50-46-32-18-16-22-40(46)34-36-48(50)53(42-24-8-2-9-25-42)43-26-10-3-11-27-43/h1-37H,38H2. The van der Waals surface area contributed by atoms with Crippen LogP contribution in [0.2, 0.25) is 0 Å². The molecule has 0 N–H and O–H groups in total. The summed E-state index contributed by atoms with van der Waals surface area (Å²) in [7, 11) is -0.941. The summed E-state index contributed by atoms with van der Waals surface area (Å²) in [5.41, 5.74) is 3.91. The third-order valence-electron chi connectivity index (χ3n) is 10.7. The zero-order valence-electron chi connectivity index (χ0n) is 29.8. The van der Waals surface area contributed by atoms with Crippen molar-refractivity contribution in [1.82, 2.24) is 0 Å². The second kappa shape index (κ2) is 14.6. The molecule has 0 heterocycles. The molecule has 0 aromatic heterocycles. The molecule has 0 aliphatic heterocycles. The Bertz CT molecular complexity index is 2620. The van der Waals surface area contributed by atoms with Crippen molar-refractivity contribution in [1.29, 1.82) is 0 Å². The van der Waals surface area contributed by atoms with Gasteiger partial charge in [-0.25, -0.2) is 0 Å². The number of benzene rings is 9. The van der Waals surface area contributed by atoms with Crippen molar-refractivity contribution in [3.8, 4) is 11.1 Å². The van der Waals surface area contributed by atoms with E-state index >= 15 is 0 Å². The SMILES string of the molecule is BrP(Cc1ccccc1)(c1ccccc1)(c1ccccc1)c1ccc2ccccc2c1-c1c(P(c2ccccc2)c2ccccc2)ccc2ccccc12. The van der Waals surface area contributed by atoms with Gasteiger partial charge in [0.1, 0.15) is 0 Å². The third-order valence-corrected chi connectivity index (χ3v) is 22.7. The minimum atomic E-state index is -3.54. The fourth-order valence-corrected chi connectivity index (χ4v) is 18.9. The Labute approximate surface area is 327 Å². The van der Waals surface area contributed by atoms with Gasteiger partial charge in [0.2, 0.25) is 0 Å². The zero-order chi connectivity index (χ0) is 36.4. The molecule has 0 unspecified atom stereocenters. The van der Waals surface area contributed by atoms with Crippen molar-refractivity contribution in [2.45, 2.75) is 6.16 Å². The van der Waals surface area contributed by atoms with Gasteiger partial charge in [-0.05, 0) is 0 Å². The normalized spacial score (nSPS) is 12.4. The second-order valence-corrected chi connectivity index (χ2v) is 24.9. The Morgan fingerprint density at radius 2 is 0.778 bits per heavy atom. The van der Waals surface area contributed by atoms with Gasteiger partial charge in [0, 0.05) is 0 Å². The van der Waals surface area contributed by atoms with Crippen molar-refractivity contribution < 1.29 is 0 Å². The molecule has 0 spiro atoms. The van der Waals surface area contributed by atoms with Crippen LogP contribution in [0.4, 0.5) is 0 Å². The minimum absolute atomic E-state index is 0.817. The second-order valence-electron chi connectivity index (χ2n) is 13.9. The van der Waals surface area contributed by atoms with Crippen molar-refractivity contribution in [2.75, 3.05) is 0 Å². The summed E-state index contributed by atoms with van der Waals surface area (Å²) in [5, 5.41) is 9.46. The number of halogens is 1. The quantitative estimate of drug-likeness (QED) is 0.128. The van der Waals surface area contributed by atoms with Crippen LogP contribution < -0.4 is 31.8 Å². The Kier molecular flexibility index (Phi) is 9.34. The summed E-state index contributed by atoms with van der Waals surface area (Å²) in [4.78, 5) is 0. The van der Waals surface area contributed by atoms with Gasteiger partial charge in [0.15, 0.2) is 0 Å². The first-order valence-corrected chi connectivity index (χ1v) is 24.2. The van der Waals surface area contributed by atoms with E-state index in [9.17, 15) is 0 Å². The Balaban J connectivity index is 1.51. The molecule has 0 nitrogen and oxygen atoms in total. The summed E-state index contributed by atoms with van der Waals surface area (Å²) in [6, 6.07) is 83.4. The van der Waals surface area contributed by atoms with Crippen LogP contribution in [0.5, 0.6) is 0 Å². The summed E-state index contributed by atoms with van der Waals surface area (Å²) in [5.74, 6) is 0. The van der Waals surface area contributed by atoms with E-state index in [4.69, 9.17) is 15.5 Å². The molecule has 0 saturated carbocycles. The fourth-order valence-electron chi connectivity index (χ4n) is 8.30. The molecule has 9 aromatic carbocycles. The van der Waals surface area contributed by atoms with Gasteiger partial charge in [-0.3, -0.25) is 0 Å². The summed E-state index contributed by atoms with van der Waals surface area (Å²) in [6.07, 6.45) is 0.817. The summed E-state index contributed by atoms with van der Waals surface area (Å²) in [6.45, 7) is 0. The predicted molar refractivity (Wildman–Crippen MR) is 243 cm³/mol. The van der Waals surface area contributed by atoms with Gasteiger partial charge in [-0.1, -0.05) is 0 Å². The Morgan fingerprint density at radius 3 is 1.30 bits per heavy atom. The van der Waals surface area contributed by atoms with Gasteiger partial charge in [-0.15, -0.1) is 0 Å². The molecule has 54 heavy (non-hydrogen) atoms. The van der Waals surface area contributed by atoms with Crippen LogP contribution in [0.25, 0.3) is 32.7 Å². The van der Waals surface area contributed by atoms with Crippen LogP contribution in [0.3, 0.4) is 0 Å². The van der Waals surface area contributed by atoms with E-state index in [0.717, 1.165) is 6.16 Å². The van der Waals surface area contributed by atoms with E-state index in [1.807, 2.05) is 0 Å². The first-order valence-electron chi connectivity index (χ1n) is 18.5. The maximum atomic E-state index is 4.94. The van der Waals surface area contributed by atoms with E-state index in [-0.39, 0.29) is 0 Å². The number of hydrogen-bond acceptors (Lipinski definition) is 0. The van der Waals surface area contributed by atoms with Gasteiger partial charge in [-0.2, -0.15) is 0 Å². The van der Waals surface area contributed by atoms with Crippen molar-refractivity contribution in [2.24, 2.45) is 0 Å². The molecule has 0 atom stereocenters. The molecule has 0 aliphatic rings. The van der Waals surface area contributed by atoms with Crippen LogP contribution in [0.1, 0.15) is 5.56 Å². The molecule has 0 aliphatic carbocycles. The van der Waals surface area contributed by atoms with Crippen molar-refractivity contribution >= 4 is 82.1 Å². The molecule has 3 heteroatoms. The molecular weight excluding hydrogens is 754 g/mol. The van der Waals surface area contributed by atoms with E-state index in [1.54, 1.807) is 0 Å². The molecule has 0 bridgehead atoms. The van der Waals surface area contributed by atoms with E-state index < -0.39 is 13.2 Å². The summed E-state index contributed by atoms with van der Waals surface area (Å²) >= 11 is 4.94. The number of rotatable bonds is 9. The molecular formula is C51H39BrP2. The predicted octanol–water partition coefficient (Wildman–Crippen LogP) is 11.8. The van der Waals surface area contributed by atoms with Crippen molar-refractivity contribution in [3.63, 3.8) is 0 Å².